The third-order valence-electron chi connectivity index (χ3n) is 6.93. The van der Waals surface area contributed by atoms with Crippen LogP contribution >= 0.6 is 0 Å². The highest BCUT2D eigenvalue weighted by Crippen LogP contribution is 2.41. The van der Waals surface area contributed by atoms with E-state index >= 15 is 0 Å². The van der Waals surface area contributed by atoms with Crippen molar-refractivity contribution >= 4 is 15.7 Å². The third kappa shape index (κ3) is 3.69. The lowest BCUT2D eigenvalue weighted by molar-refractivity contribution is 0.0203. The van der Waals surface area contributed by atoms with Crippen LogP contribution in [0.25, 0.3) is 0 Å². The van der Waals surface area contributed by atoms with E-state index in [0.717, 1.165) is 44.2 Å². The molecule has 168 valence electrons. The van der Waals surface area contributed by atoms with Crippen LogP contribution in [0.4, 0.5) is 5.69 Å². The SMILES string of the molecule is CC1Cc2oc(S(=O)(=O)NC(O)Nc3c4c(cc5c3CCC5)CCC4)cc2C(C)(O)C1. The van der Waals surface area contributed by atoms with Crippen molar-refractivity contribution in [3.63, 3.8) is 0 Å². The lowest BCUT2D eigenvalue weighted by atomic mass is 9.79. The fourth-order valence-electron chi connectivity index (χ4n) is 5.68. The van der Waals surface area contributed by atoms with E-state index in [1.165, 1.54) is 28.3 Å². The Bertz CT molecular complexity index is 1100. The number of nitrogens with one attached hydrogen (secondary N) is 2. The smallest absolute Gasteiger partial charge is 0.277 e. The van der Waals surface area contributed by atoms with E-state index in [0.29, 0.717) is 24.2 Å². The topological polar surface area (TPSA) is 112 Å². The number of aliphatic hydroxyl groups is 2. The van der Waals surface area contributed by atoms with Crippen LogP contribution in [0.2, 0.25) is 0 Å². The molecule has 0 spiro atoms. The highest BCUT2D eigenvalue weighted by molar-refractivity contribution is 7.89. The summed E-state index contributed by atoms with van der Waals surface area (Å²) in [7, 11) is -4.11. The maximum Gasteiger partial charge on any atom is 0.277 e. The van der Waals surface area contributed by atoms with Crippen molar-refractivity contribution in [1.29, 1.82) is 0 Å². The minimum atomic E-state index is -4.11. The van der Waals surface area contributed by atoms with Crippen LogP contribution in [0.1, 0.15) is 66.7 Å². The number of hydrogen-bond acceptors (Lipinski definition) is 6. The van der Waals surface area contributed by atoms with Gasteiger partial charge in [0, 0.05) is 23.7 Å². The summed E-state index contributed by atoms with van der Waals surface area (Å²) in [5.74, 6) is 0.678. The predicted octanol–water partition coefficient (Wildman–Crippen LogP) is 2.71. The Kier molecular flexibility index (Phi) is 4.97. The first-order valence-electron chi connectivity index (χ1n) is 11.1. The van der Waals surface area contributed by atoms with Crippen molar-refractivity contribution in [1.82, 2.24) is 4.72 Å². The van der Waals surface area contributed by atoms with E-state index in [9.17, 15) is 18.6 Å². The molecule has 0 saturated carbocycles. The lowest BCUT2D eigenvalue weighted by Crippen LogP contribution is -2.40. The second kappa shape index (κ2) is 7.33. The van der Waals surface area contributed by atoms with E-state index < -0.39 is 22.0 Å². The maximum absolute atomic E-state index is 12.9. The Hall–Kier alpha value is -1.87. The van der Waals surface area contributed by atoms with Crippen LogP contribution < -0.4 is 10.0 Å². The lowest BCUT2D eigenvalue weighted by Gasteiger charge is -2.31. The maximum atomic E-state index is 12.9. The molecule has 0 saturated heterocycles. The van der Waals surface area contributed by atoms with Gasteiger partial charge in [-0.1, -0.05) is 13.0 Å². The van der Waals surface area contributed by atoms with Crippen LogP contribution in [0.3, 0.4) is 0 Å². The van der Waals surface area contributed by atoms with Gasteiger partial charge in [0.1, 0.15) is 5.76 Å². The Labute approximate surface area is 182 Å². The number of benzene rings is 1. The van der Waals surface area contributed by atoms with E-state index in [1.54, 1.807) is 6.92 Å². The van der Waals surface area contributed by atoms with Gasteiger partial charge in [0.25, 0.3) is 10.0 Å². The van der Waals surface area contributed by atoms with E-state index in [4.69, 9.17) is 4.42 Å². The quantitative estimate of drug-likeness (QED) is 0.526. The van der Waals surface area contributed by atoms with Crippen LogP contribution in [0, 0.1) is 5.92 Å². The fourth-order valence-corrected chi connectivity index (χ4v) is 6.64. The zero-order valence-corrected chi connectivity index (χ0v) is 18.8. The van der Waals surface area contributed by atoms with Crippen LogP contribution in [0.15, 0.2) is 21.6 Å². The molecule has 1 aromatic heterocycles. The molecule has 1 aromatic carbocycles. The van der Waals surface area contributed by atoms with Gasteiger partial charge in [-0.15, -0.1) is 0 Å². The molecule has 7 nitrogen and oxygen atoms in total. The van der Waals surface area contributed by atoms with Crippen molar-refractivity contribution in [3.8, 4) is 0 Å². The van der Waals surface area contributed by atoms with Gasteiger partial charge in [-0.3, -0.25) is 0 Å². The van der Waals surface area contributed by atoms with Gasteiger partial charge < -0.3 is 19.9 Å². The molecular formula is C23H30N2O5S. The Morgan fingerprint density at radius 3 is 2.42 bits per heavy atom. The largest absolute Gasteiger partial charge is 0.448 e. The first-order chi connectivity index (χ1) is 14.6. The van der Waals surface area contributed by atoms with E-state index in [-0.39, 0.29) is 11.0 Å². The molecule has 5 rings (SSSR count). The number of sulfonamides is 1. The van der Waals surface area contributed by atoms with Crippen LogP contribution in [-0.4, -0.2) is 25.0 Å². The summed E-state index contributed by atoms with van der Waals surface area (Å²) in [5, 5.41) is 24.1. The molecule has 4 N–H and O–H groups in total. The molecule has 0 fully saturated rings. The molecule has 0 amide bonds. The van der Waals surface area contributed by atoms with Crippen molar-refractivity contribution < 1.29 is 23.0 Å². The minimum absolute atomic E-state index is 0.187. The number of aliphatic hydroxyl groups excluding tert-OH is 1. The molecule has 3 unspecified atom stereocenters. The molecule has 0 radical (unpaired) electrons. The average molecular weight is 447 g/mol. The van der Waals surface area contributed by atoms with Crippen molar-refractivity contribution in [2.24, 2.45) is 5.92 Å². The van der Waals surface area contributed by atoms with Gasteiger partial charge in [-0.05, 0) is 80.0 Å². The zero-order chi connectivity index (χ0) is 22.0. The summed E-state index contributed by atoms with van der Waals surface area (Å²) in [4.78, 5) is 0. The molecule has 3 aliphatic carbocycles. The number of furan rings is 1. The number of rotatable bonds is 5. The van der Waals surface area contributed by atoms with Crippen molar-refractivity contribution in [2.75, 3.05) is 5.32 Å². The Balaban J connectivity index is 1.39. The number of hydrogen-bond donors (Lipinski definition) is 4. The van der Waals surface area contributed by atoms with Gasteiger partial charge in [0.2, 0.25) is 5.09 Å². The van der Waals surface area contributed by atoms with Crippen molar-refractivity contribution in [2.45, 2.75) is 82.3 Å². The second-order valence-electron chi connectivity index (χ2n) is 9.59. The van der Waals surface area contributed by atoms with Gasteiger partial charge in [0.05, 0.1) is 5.60 Å². The monoisotopic (exact) mass is 446 g/mol. The molecule has 3 atom stereocenters. The standard InChI is InChI=1S/C23H30N2O5S/c1-13-9-19-18(23(2,27)12-13)11-20(30-19)31(28,29)25-22(26)24-21-16-7-3-5-14(16)10-15-6-4-8-17(15)21/h10-11,13,22,24-27H,3-9,12H2,1-2H3. The molecule has 0 aliphatic heterocycles. The van der Waals surface area contributed by atoms with Crippen molar-refractivity contribution in [3.05, 3.63) is 45.7 Å². The molecule has 2 aromatic rings. The molecule has 8 heteroatoms. The normalized spacial score (nSPS) is 25.7. The summed E-state index contributed by atoms with van der Waals surface area (Å²) in [5.41, 5.74) is 5.24. The summed E-state index contributed by atoms with van der Waals surface area (Å²) >= 11 is 0. The minimum Gasteiger partial charge on any atom is -0.448 e. The molecule has 0 bridgehead atoms. The fraction of sp³-hybridized carbons (Fsp3) is 0.565. The van der Waals surface area contributed by atoms with Gasteiger partial charge >= 0.3 is 0 Å². The number of anilines is 1. The molecular weight excluding hydrogens is 416 g/mol. The Morgan fingerprint density at radius 2 is 1.77 bits per heavy atom. The number of fused-ring (bicyclic) bond motifs is 3. The average Bonchev–Trinajstić information content (AvgIpc) is 3.38. The van der Waals surface area contributed by atoms with E-state index in [1.807, 2.05) is 6.92 Å². The number of aryl methyl sites for hydroxylation is 2. The predicted molar refractivity (Wildman–Crippen MR) is 116 cm³/mol. The summed E-state index contributed by atoms with van der Waals surface area (Å²) < 4.78 is 33.8. The van der Waals surface area contributed by atoms with Crippen LogP contribution in [0.5, 0.6) is 0 Å². The molecule has 31 heavy (non-hydrogen) atoms. The van der Waals surface area contributed by atoms with Gasteiger partial charge in [-0.25, -0.2) is 8.42 Å². The highest BCUT2D eigenvalue weighted by Gasteiger charge is 2.38. The summed E-state index contributed by atoms with van der Waals surface area (Å²) in [6.07, 6.45) is 5.69. The van der Waals surface area contributed by atoms with Crippen LogP contribution in [-0.2, 0) is 47.7 Å². The summed E-state index contributed by atoms with van der Waals surface area (Å²) in [6, 6.07) is 3.67. The molecule has 3 aliphatic rings. The second-order valence-corrected chi connectivity index (χ2v) is 11.2. The van der Waals surface area contributed by atoms with E-state index in [2.05, 4.69) is 16.1 Å². The zero-order valence-electron chi connectivity index (χ0n) is 18.0. The van der Waals surface area contributed by atoms with Gasteiger partial charge in [-0.2, -0.15) is 4.72 Å². The molecule has 1 heterocycles. The Morgan fingerprint density at radius 1 is 1.13 bits per heavy atom. The first kappa shape index (κ1) is 21.0. The third-order valence-corrected chi connectivity index (χ3v) is 8.20. The summed E-state index contributed by atoms with van der Waals surface area (Å²) in [6.45, 7) is 3.67. The van der Waals surface area contributed by atoms with Gasteiger partial charge in [0.15, 0.2) is 6.35 Å². The first-order valence-corrected chi connectivity index (χ1v) is 12.6. The highest BCUT2D eigenvalue weighted by atomic mass is 32.2.